The van der Waals surface area contributed by atoms with Gasteiger partial charge in [0.15, 0.2) is 11.9 Å². The monoisotopic (exact) mass is 272 g/mol. The summed E-state index contributed by atoms with van der Waals surface area (Å²) in [4.78, 5) is 21.9. The second-order valence-corrected chi connectivity index (χ2v) is 4.15. The maximum atomic E-state index is 11.2. The second-order valence-electron chi connectivity index (χ2n) is 3.72. The third kappa shape index (κ3) is 3.00. The molecule has 0 aliphatic carbocycles. The molecule has 18 heavy (non-hydrogen) atoms. The molecular weight excluding hydrogens is 260 g/mol. The molecule has 0 spiro atoms. The highest BCUT2D eigenvalue weighted by atomic mass is 35.5. The van der Waals surface area contributed by atoms with Crippen LogP contribution in [0.25, 0.3) is 0 Å². The molecule has 0 bridgehead atoms. The molecule has 2 atom stereocenters. The van der Waals surface area contributed by atoms with Gasteiger partial charge in [0.05, 0.1) is 7.11 Å². The Morgan fingerprint density at radius 2 is 2.00 bits per heavy atom. The number of alkyl halides is 1. The highest BCUT2D eigenvalue weighted by Crippen LogP contribution is 2.32. The maximum absolute atomic E-state index is 11.2. The van der Waals surface area contributed by atoms with Gasteiger partial charge in [0.25, 0.3) is 0 Å². The number of Topliss-reactive ketones (excluding diaryl/α,β-unsaturated/α-hetero) is 1. The van der Waals surface area contributed by atoms with Gasteiger partial charge in [-0.2, -0.15) is 0 Å². The van der Waals surface area contributed by atoms with Gasteiger partial charge in [-0.25, -0.2) is 4.79 Å². The van der Waals surface area contributed by atoms with Gasteiger partial charge in [-0.15, -0.1) is 11.6 Å². The van der Waals surface area contributed by atoms with Crippen LogP contribution in [0.4, 0.5) is 0 Å². The normalized spacial score (nSPS) is 13.8. The van der Waals surface area contributed by atoms with Crippen molar-refractivity contribution in [2.75, 3.05) is 7.11 Å². The average molecular weight is 273 g/mol. The first-order chi connectivity index (χ1) is 8.38. The standard InChI is InChI=1S/C12H13ClO5/c1-6(14)10(13)8-4-3-7(5-9(8)18-2)11(15)12(16)17/h3-5,10-11,15H,1-2H3,(H,16,17). The van der Waals surface area contributed by atoms with E-state index in [2.05, 4.69) is 0 Å². The number of carbonyl (C=O) groups is 2. The van der Waals surface area contributed by atoms with E-state index in [9.17, 15) is 14.7 Å². The lowest BCUT2D eigenvalue weighted by molar-refractivity contribution is -0.147. The van der Waals surface area contributed by atoms with Crippen molar-refractivity contribution in [2.45, 2.75) is 18.4 Å². The summed E-state index contributed by atoms with van der Waals surface area (Å²) >= 11 is 5.91. The lowest BCUT2D eigenvalue weighted by Crippen LogP contribution is -2.11. The van der Waals surface area contributed by atoms with Crippen molar-refractivity contribution in [1.29, 1.82) is 0 Å². The maximum Gasteiger partial charge on any atom is 0.337 e. The Hall–Kier alpha value is -1.59. The number of carbonyl (C=O) groups excluding carboxylic acids is 1. The quantitative estimate of drug-likeness (QED) is 0.797. The van der Waals surface area contributed by atoms with Crippen LogP contribution >= 0.6 is 11.6 Å². The fourth-order valence-corrected chi connectivity index (χ4v) is 1.65. The number of hydrogen-bond donors (Lipinski definition) is 2. The highest BCUT2D eigenvalue weighted by molar-refractivity contribution is 6.31. The Balaban J connectivity index is 3.19. The number of carboxylic acid groups (broad SMARTS) is 1. The van der Waals surface area contributed by atoms with Crippen molar-refractivity contribution in [3.63, 3.8) is 0 Å². The average Bonchev–Trinajstić information content (AvgIpc) is 2.35. The zero-order valence-corrected chi connectivity index (χ0v) is 10.6. The summed E-state index contributed by atoms with van der Waals surface area (Å²) in [7, 11) is 1.37. The zero-order chi connectivity index (χ0) is 13.9. The number of aliphatic hydroxyl groups is 1. The number of halogens is 1. The topological polar surface area (TPSA) is 83.8 Å². The van der Waals surface area contributed by atoms with Crippen molar-refractivity contribution < 1.29 is 24.5 Å². The van der Waals surface area contributed by atoms with Gasteiger partial charge in [0.1, 0.15) is 11.1 Å². The minimum Gasteiger partial charge on any atom is -0.496 e. The molecule has 6 heteroatoms. The summed E-state index contributed by atoms with van der Waals surface area (Å²) in [5, 5.41) is 17.2. The van der Waals surface area contributed by atoms with Crippen LogP contribution in [0, 0.1) is 0 Å². The van der Waals surface area contributed by atoms with Crippen molar-refractivity contribution in [3.05, 3.63) is 29.3 Å². The van der Waals surface area contributed by atoms with Crippen LogP contribution in [0.3, 0.4) is 0 Å². The largest absolute Gasteiger partial charge is 0.496 e. The molecule has 0 saturated carbocycles. The molecule has 0 radical (unpaired) electrons. The Kier molecular flexibility index (Phi) is 4.69. The molecule has 0 aliphatic rings. The third-order valence-electron chi connectivity index (χ3n) is 2.44. The van der Waals surface area contributed by atoms with Crippen molar-refractivity contribution in [1.82, 2.24) is 0 Å². The van der Waals surface area contributed by atoms with E-state index in [0.29, 0.717) is 5.56 Å². The number of ether oxygens (including phenoxy) is 1. The second kappa shape index (κ2) is 5.84. The van der Waals surface area contributed by atoms with Crippen molar-refractivity contribution in [3.8, 4) is 5.75 Å². The van der Waals surface area contributed by atoms with E-state index in [0.717, 1.165) is 0 Å². The van der Waals surface area contributed by atoms with E-state index >= 15 is 0 Å². The number of rotatable bonds is 5. The summed E-state index contributed by atoms with van der Waals surface area (Å²) < 4.78 is 5.05. The summed E-state index contributed by atoms with van der Waals surface area (Å²) in [6, 6.07) is 4.22. The molecule has 1 aromatic rings. The molecule has 1 aromatic carbocycles. The number of benzene rings is 1. The molecule has 0 heterocycles. The Labute approximate surface area is 109 Å². The summed E-state index contributed by atoms with van der Waals surface area (Å²) in [6.07, 6.45) is -1.64. The molecule has 2 unspecified atom stereocenters. The SMILES string of the molecule is COc1cc(C(O)C(=O)O)ccc1C(Cl)C(C)=O. The van der Waals surface area contributed by atoms with E-state index in [1.165, 1.54) is 32.2 Å². The molecule has 0 amide bonds. The molecule has 98 valence electrons. The number of hydrogen-bond acceptors (Lipinski definition) is 4. The van der Waals surface area contributed by atoms with Crippen LogP contribution in [0.1, 0.15) is 29.5 Å². The van der Waals surface area contributed by atoms with E-state index in [-0.39, 0.29) is 17.1 Å². The predicted octanol–water partition coefficient (Wildman–Crippen LogP) is 1.68. The number of methoxy groups -OCH3 is 1. The van der Waals surface area contributed by atoms with Crippen LogP contribution in [-0.4, -0.2) is 29.1 Å². The minimum atomic E-state index is -1.64. The Morgan fingerprint density at radius 3 is 2.44 bits per heavy atom. The lowest BCUT2D eigenvalue weighted by atomic mass is 10.0. The molecule has 0 fully saturated rings. The molecule has 0 aliphatic heterocycles. The van der Waals surface area contributed by atoms with Crippen LogP contribution in [0.15, 0.2) is 18.2 Å². The molecular formula is C12H13ClO5. The molecule has 0 saturated heterocycles. The predicted molar refractivity (Wildman–Crippen MR) is 64.9 cm³/mol. The van der Waals surface area contributed by atoms with Gasteiger partial charge in [-0.05, 0) is 18.6 Å². The van der Waals surface area contributed by atoms with Crippen LogP contribution < -0.4 is 4.74 Å². The smallest absolute Gasteiger partial charge is 0.337 e. The molecule has 5 nitrogen and oxygen atoms in total. The van der Waals surface area contributed by atoms with Crippen molar-refractivity contribution >= 4 is 23.4 Å². The zero-order valence-electron chi connectivity index (χ0n) is 9.88. The van der Waals surface area contributed by atoms with Gasteiger partial charge in [0, 0.05) is 5.56 Å². The van der Waals surface area contributed by atoms with Crippen LogP contribution in [0.2, 0.25) is 0 Å². The van der Waals surface area contributed by atoms with Gasteiger partial charge in [-0.3, -0.25) is 4.79 Å². The van der Waals surface area contributed by atoms with E-state index in [1.807, 2.05) is 0 Å². The molecule has 1 rings (SSSR count). The number of ketones is 1. The summed E-state index contributed by atoms with van der Waals surface area (Å²) in [6.45, 7) is 1.34. The summed E-state index contributed by atoms with van der Waals surface area (Å²) in [5.41, 5.74) is 0.600. The lowest BCUT2D eigenvalue weighted by Gasteiger charge is -2.14. The Bertz CT molecular complexity index is 472. The molecule has 2 N–H and O–H groups in total. The van der Waals surface area contributed by atoms with Gasteiger partial charge in [0.2, 0.25) is 0 Å². The van der Waals surface area contributed by atoms with E-state index < -0.39 is 17.5 Å². The number of carboxylic acids is 1. The van der Waals surface area contributed by atoms with E-state index in [1.54, 1.807) is 0 Å². The minimum absolute atomic E-state index is 0.163. The molecule has 0 aromatic heterocycles. The first-order valence-electron chi connectivity index (χ1n) is 5.11. The van der Waals surface area contributed by atoms with Gasteiger partial charge in [-0.1, -0.05) is 12.1 Å². The number of aliphatic carboxylic acids is 1. The summed E-state index contributed by atoms with van der Waals surface area (Å²) in [5.74, 6) is -1.34. The first kappa shape index (κ1) is 14.5. The third-order valence-corrected chi connectivity index (χ3v) is 2.98. The van der Waals surface area contributed by atoms with Crippen LogP contribution in [-0.2, 0) is 9.59 Å². The fourth-order valence-electron chi connectivity index (χ4n) is 1.47. The van der Waals surface area contributed by atoms with Gasteiger partial charge >= 0.3 is 5.97 Å². The first-order valence-corrected chi connectivity index (χ1v) is 5.55. The van der Waals surface area contributed by atoms with Crippen molar-refractivity contribution in [2.24, 2.45) is 0 Å². The van der Waals surface area contributed by atoms with E-state index in [4.69, 9.17) is 21.4 Å². The fraction of sp³-hybridized carbons (Fsp3) is 0.333. The van der Waals surface area contributed by atoms with Gasteiger partial charge < -0.3 is 14.9 Å². The highest BCUT2D eigenvalue weighted by Gasteiger charge is 2.21. The Morgan fingerprint density at radius 1 is 1.39 bits per heavy atom. The van der Waals surface area contributed by atoms with Crippen LogP contribution in [0.5, 0.6) is 5.75 Å². The number of aliphatic hydroxyl groups excluding tert-OH is 1.